The fraction of sp³-hybridized carbons (Fsp3) is 0.395. The highest BCUT2D eigenvalue weighted by molar-refractivity contribution is 7.92. The Kier molecular flexibility index (Phi) is 8.83. The summed E-state index contributed by atoms with van der Waals surface area (Å²) in [7, 11) is -4.18. The minimum Gasteiger partial charge on any atom is -0.475 e. The van der Waals surface area contributed by atoms with Crippen molar-refractivity contribution < 1.29 is 22.4 Å². The molecule has 1 saturated carbocycles. The maximum absolute atomic E-state index is 14.6. The van der Waals surface area contributed by atoms with Gasteiger partial charge in [0, 0.05) is 29.2 Å². The van der Waals surface area contributed by atoms with Gasteiger partial charge in [-0.15, -0.1) is 0 Å². The highest BCUT2D eigenvalue weighted by Gasteiger charge is 2.35. The first-order valence-corrected chi connectivity index (χ1v) is 18.6. The molecule has 1 amide bonds. The van der Waals surface area contributed by atoms with Gasteiger partial charge < -0.3 is 14.1 Å². The Morgan fingerprint density at radius 2 is 1.78 bits per heavy atom. The fourth-order valence-electron chi connectivity index (χ4n) is 6.87. The van der Waals surface area contributed by atoms with E-state index in [1.54, 1.807) is 29.3 Å². The number of amides is 1. The van der Waals surface area contributed by atoms with E-state index < -0.39 is 16.1 Å². The van der Waals surface area contributed by atoms with E-state index in [1.165, 1.54) is 18.6 Å². The number of aromatic nitrogens is 4. The van der Waals surface area contributed by atoms with Gasteiger partial charge in [-0.1, -0.05) is 51.5 Å². The lowest BCUT2D eigenvalue weighted by atomic mass is 9.67. The minimum absolute atomic E-state index is 0.0783. The van der Waals surface area contributed by atoms with Crippen LogP contribution in [0.5, 0.6) is 5.88 Å². The quantitative estimate of drug-likeness (QED) is 0.182. The molecule has 2 aliphatic rings. The van der Waals surface area contributed by atoms with Crippen LogP contribution in [0.2, 0.25) is 0 Å². The number of rotatable bonds is 7. The van der Waals surface area contributed by atoms with Crippen molar-refractivity contribution in [1.82, 2.24) is 24.8 Å². The third-order valence-corrected chi connectivity index (χ3v) is 11.4. The van der Waals surface area contributed by atoms with Crippen LogP contribution in [-0.2, 0) is 16.6 Å². The Hall–Kier alpha value is -4.84. The topological polar surface area (TPSA) is 140 Å². The summed E-state index contributed by atoms with van der Waals surface area (Å²) in [4.78, 5) is 34.7. The Bertz CT molecular complexity index is 2170. The second-order valence-corrected chi connectivity index (χ2v) is 16.0. The summed E-state index contributed by atoms with van der Waals surface area (Å²) < 4.78 is 42.4. The average molecular weight is 695 g/mol. The van der Waals surface area contributed by atoms with Crippen LogP contribution in [0.4, 0.5) is 5.95 Å². The number of hydrogen-bond donors (Lipinski definition) is 1. The number of aryl methyl sites for hydroxylation is 2. The number of anilines is 1. The van der Waals surface area contributed by atoms with Crippen molar-refractivity contribution in [2.45, 2.75) is 90.1 Å². The van der Waals surface area contributed by atoms with Crippen LogP contribution in [0.25, 0.3) is 22.5 Å². The van der Waals surface area contributed by atoms with Crippen LogP contribution < -0.4 is 9.46 Å². The molecule has 5 aromatic rings. The summed E-state index contributed by atoms with van der Waals surface area (Å²) in [6.45, 7) is 10.6. The molecule has 0 radical (unpaired) electrons. The van der Waals surface area contributed by atoms with Crippen molar-refractivity contribution in [2.75, 3.05) is 11.3 Å². The first-order chi connectivity index (χ1) is 23.9. The SMILES string of the molecule is Cc1cccc(C)c1-c1cc2nc(n1)NS(=O)(=O)c1cccc(c1)C(=O)N(Cc1cnc3oc(C(C)C)cc3n1)[C@H](CCC1(C)CCC1)CO2. The van der Waals surface area contributed by atoms with E-state index in [4.69, 9.17) is 14.1 Å². The molecule has 1 aliphatic carbocycles. The summed E-state index contributed by atoms with van der Waals surface area (Å²) in [5, 5.41) is 0. The lowest BCUT2D eigenvalue weighted by Crippen LogP contribution is -2.44. The third-order valence-electron chi connectivity index (χ3n) is 10.0. The van der Waals surface area contributed by atoms with E-state index in [1.807, 2.05) is 52.0 Å². The van der Waals surface area contributed by atoms with E-state index >= 15 is 0 Å². The highest BCUT2D eigenvalue weighted by atomic mass is 32.2. The van der Waals surface area contributed by atoms with Crippen molar-refractivity contribution in [2.24, 2.45) is 5.41 Å². The number of furan rings is 1. The number of sulfonamides is 1. The predicted octanol–water partition coefficient (Wildman–Crippen LogP) is 7.59. The smallest absolute Gasteiger partial charge is 0.264 e. The van der Waals surface area contributed by atoms with E-state index in [0.29, 0.717) is 29.0 Å². The molecule has 4 heterocycles. The fourth-order valence-corrected chi connectivity index (χ4v) is 7.86. The number of carbonyl (C=O) groups is 1. The maximum atomic E-state index is 14.6. The third kappa shape index (κ3) is 6.81. The van der Waals surface area contributed by atoms with Gasteiger partial charge in [-0.2, -0.15) is 4.98 Å². The van der Waals surface area contributed by atoms with Gasteiger partial charge in [0.2, 0.25) is 17.5 Å². The van der Waals surface area contributed by atoms with Gasteiger partial charge in [-0.05, 0) is 74.3 Å². The van der Waals surface area contributed by atoms with Gasteiger partial charge in [0.1, 0.15) is 17.9 Å². The molecule has 0 unspecified atom stereocenters. The number of fused-ring (bicyclic) bond motifs is 5. The van der Waals surface area contributed by atoms with Crippen molar-refractivity contribution in [1.29, 1.82) is 0 Å². The Morgan fingerprint density at radius 1 is 1.02 bits per heavy atom. The summed E-state index contributed by atoms with van der Waals surface area (Å²) >= 11 is 0. The molecular formula is C38H42N6O5S. The van der Waals surface area contributed by atoms with Gasteiger partial charge in [0.15, 0.2) is 0 Å². The lowest BCUT2D eigenvalue weighted by molar-refractivity contribution is 0.0501. The van der Waals surface area contributed by atoms with Crippen molar-refractivity contribution in [3.8, 4) is 17.1 Å². The average Bonchev–Trinajstić information content (AvgIpc) is 3.50. The molecule has 260 valence electrons. The number of benzene rings is 2. The Morgan fingerprint density at radius 3 is 2.50 bits per heavy atom. The maximum Gasteiger partial charge on any atom is 0.264 e. The largest absolute Gasteiger partial charge is 0.475 e. The van der Waals surface area contributed by atoms with Gasteiger partial charge in [-0.3, -0.25) is 4.79 Å². The molecule has 2 aromatic carbocycles. The molecule has 11 nitrogen and oxygen atoms in total. The summed E-state index contributed by atoms with van der Waals surface area (Å²) in [6, 6.07) is 15.2. The summed E-state index contributed by atoms with van der Waals surface area (Å²) in [5.74, 6) is 0.705. The zero-order chi connectivity index (χ0) is 35.2. The minimum atomic E-state index is -4.18. The Labute approximate surface area is 292 Å². The normalized spacial score (nSPS) is 18.4. The zero-order valence-electron chi connectivity index (χ0n) is 29.1. The van der Waals surface area contributed by atoms with Gasteiger partial charge in [-0.25, -0.2) is 28.1 Å². The van der Waals surface area contributed by atoms with E-state index in [0.717, 1.165) is 41.7 Å². The van der Waals surface area contributed by atoms with Crippen molar-refractivity contribution >= 4 is 33.1 Å². The van der Waals surface area contributed by atoms with Crippen molar-refractivity contribution in [3.63, 3.8) is 0 Å². The molecular weight excluding hydrogens is 653 g/mol. The van der Waals surface area contributed by atoms with E-state index in [2.05, 4.69) is 26.6 Å². The molecule has 7 rings (SSSR count). The molecule has 50 heavy (non-hydrogen) atoms. The van der Waals surface area contributed by atoms with Gasteiger partial charge in [0.25, 0.3) is 15.9 Å². The lowest BCUT2D eigenvalue weighted by Gasteiger charge is -2.41. The number of hydrogen-bond acceptors (Lipinski definition) is 9. The van der Waals surface area contributed by atoms with Crippen LogP contribution in [0, 0.1) is 19.3 Å². The highest BCUT2D eigenvalue weighted by Crippen LogP contribution is 2.45. The number of carbonyl (C=O) groups excluding carboxylic acids is 1. The molecule has 1 N–H and O–H groups in total. The monoisotopic (exact) mass is 694 g/mol. The number of ether oxygens (including phenoxy) is 1. The molecule has 1 atom stereocenters. The Balaban J connectivity index is 1.34. The van der Waals surface area contributed by atoms with Gasteiger partial charge in [0.05, 0.1) is 35.1 Å². The van der Waals surface area contributed by atoms with E-state index in [-0.39, 0.29) is 52.7 Å². The number of nitrogens with one attached hydrogen (secondary N) is 1. The van der Waals surface area contributed by atoms with Crippen LogP contribution in [0.1, 0.15) is 91.7 Å². The first-order valence-electron chi connectivity index (χ1n) is 17.2. The molecule has 0 spiro atoms. The van der Waals surface area contributed by atoms with Crippen molar-refractivity contribution in [3.05, 3.63) is 88.9 Å². The molecule has 4 bridgehead atoms. The first kappa shape index (κ1) is 33.6. The summed E-state index contributed by atoms with van der Waals surface area (Å²) in [5.41, 5.74) is 5.42. The molecule has 0 saturated heterocycles. The van der Waals surface area contributed by atoms with Crippen LogP contribution >= 0.6 is 0 Å². The zero-order valence-corrected chi connectivity index (χ0v) is 29.9. The molecule has 12 heteroatoms. The van der Waals surface area contributed by atoms with Gasteiger partial charge >= 0.3 is 0 Å². The van der Waals surface area contributed by atoms with Crippen LogP contribution in [-0.4, -0.2) is 51.8 Å². The molecule has 3 aromatic heterocycles. The second kappa shape index (κ2) is 13.1. The molecule has 1 aliphatic heterocycles. The van der Waals surface area contributed by atoms with Crippen LogP contribution in [0.3, 0.4) is 0 Å². The summed E-state index contributed by atoms with van der Waals surface area (Å²) in [6.07, 6.45) is 6.66. The molecule has 1 fully saturated rings. The second-order valence-electron chi connectivity index (χ2n) is 14.3. The standard InChI is InChI=1S/C38H42N6O5S/c1-23(2)32-18-31-35(49-32)39-20-27(40-31)21-44-28(13-16-38(5)14-8-15-38)22-48-33-19-30(34-24(3)9-6-10-25(34)4)41-37(42-33)43-50(46,47)29-12-7-11-26(17-29)36(44)45/h6-7,9-12,17-20,23,28H,8,13-16,21-22H2,1-5H3,(H,41,42,43)/t28-/m1/s1. The van der Waals surface area contributed by atoms with E-state index in [9.17, 15) is 13.2 Å². The van der Waals surface area contributed by atoms with Crippen LogP contribution in [0.15, 0.2) is 70.1 Å². The predicted molar refractivity (Wildman–Crippen MR) is 190 cm³/mol. The number of nitrogens with zero attached hydrogens (tertiary/aromatic N) is 5.